The fraction of sp³-hybridized carbons (Fsp3) is 0.538. The summed E-state index contributed by atoms with van der Waals surface area (Å²) in [5, 5.41) is 0.504. The quantitative estimate of drug-likeness (QED) is 0.607. The molecule has 1 aromatic rings. The topological polar surface area (TPSA) is 79.8 Å². The zero-order valence-corrected chi connectivity index (χ0v) is 13.0. The number of ketones is 1. The smallest absolute Gasteiger partial charge is 0.358 e. The highest BCUT2D eigenvalue weighted by Gasteiger charge is 2.26. The molecule has 21 heavy (non-hydrogen) atoms. The summed E-state index contributed by atoms with van der Waals surface area (Å²) in [6, 6.07) is 0. The largest absolute Gasteiger partial charge is 0.464 e. The molecule has 7 nitrogen and oxygen atoms in total. The molecule has 0 aliphatic carbocycles. The number of methoxy groups -OCH3 is 1. The molecule has 1 aliphatic heterocycles. The molecule has 0 bridgehead atoms. The molecular formula is C13H17N3O4S. The van der Waals surface area contributed by atoms with E-state index in [9.17, 15) is 14.4 Å². The van der Waals surface area contributed by atoms with Gasteiger partial charge in [0.1, 0.15) is 4.88 Å². The summed E-state index contributed by atoms with van der Waals surface area (Å²) in [4.78, 5) is 43.2. The minimum Gasteiger partial charge on any atom is -0.464 e. The molecule has 2 rings (SSSR count). The number of aromatic nitrogens is 1. The number of nitrogens with zero attached hydrogens (tertiary/aromatic N) is 3. The van der Waals surface area contributed by atoms with Crippen LogP contribution in [0.1, 0.15) is 33.5 Å². The highest BCUT2D eigenvalue weighted by molar-refractivity contribution is 7.17. The summed E-state index contributed by atoms with van der Waals surface area (Å²) in [7, 11) is 3.00. The van der Waals surface area contributed by atoms with Crippen molar-refractivity contribution in [3.05, 3.63) is 10.6 Å². The summed E-state index contributed by atoms with van der Waals surface area (Å²) in [6.45, 7) is 2.92. The van der Waals surface area contributed by atoms with Crippen molar-refractivity contribution in [3.8, 4) is 0 Å². The van der Waals surface area contributed by atoms with Gasteiger partial charge in [-0.05, 0) is 6.42 Å². The summed E-state index contributed by atoms with van der Waals surface area (Å²) >= 11 is 1.12. The fourth-order valence-electron chi connectivity index (χ4n) is 2.07. The number of hydrogen-bond donors (Lipinski definition) is 0. The van der Waals surface area contributed by atoms with Crippen LogP contribution in [0.15, 0.2) is 0 Å². The first kappa shape index (κ1) is 15.4. The van der Waals surface area contributed by atoms with E-state index in [0.29, 0.717) is 18.2 Å². The van der Waals surface area contributed by atoms with Crippen LogP contribution in [0.25, 0.3) is 0 Å². The number of esters is 1. The molecule has 0 saturated carbocycles. The van der Waals surface area contributed by atoms with E-state index in [4.69, 9.17) is 0 Å². The zero-order valence-electron chi connectivity index (χ0n) is 12.2. The van der Waals surface area contributed by atoms with Gasteiger partial charge in [0, 0.05) is 27.1 Å². The van der Waals surface area contributed by atoms with Crippen molar-refractivity contribution in [1.82, 2.24) is 9.88 Å². The van der Waals surface area contributed by atoms with Gasteiger partial charge in [-0.1, -0.05) is 11.3 Å². The maximum Gasteiger partial charge on any atom is 0.358 e. The van der Waals surface area contributed by atoms with Gasteiger partial charge < -0.3 is 14.5 Å². The Labute approximate surface area is 126 Å². The highest BCUT2D eigenvalue weighted by Crippen LogP contribution is 2.28. The van der Waals surface area contributed by atoms with Crippen molar-refractivity contribution >= 4 is 34.1 Å². The number of amides is 1. The van der Waals surface area contributed by atoms with Crippen LogP contribution in [0, 0.1) is 0 Å². The summed E-state index contributed by atoms with van der Waals surface area (Å²) in [5.41, 5.74) is 0.0232. The van der Waals surface area contributed by atoms with E-state index in [1.54, 1.807) is 16.8 Å². The first-order valence-electron chi connectivity index (χ1n) is 6.53. The Kier molecular flexibility index (Phi) is 4.56. The predicted octanol–water partition coefficient (Wildman–Crippen LogP) is 0.801. The summed E-state index contributed by atoms with van der Waals surface area (Å²) in [6.07, 6.45) is 0.810. The number of carbonyl (C=O) groups is 3. The van der Waals surface area contributed by atoms with Crippen molar-refractivity contribution in [2.45, 2.75) is 13.3 Å². The number of likely N-dealkylation sites (N-methyl/N-ethyl adjacent to an activating group) is 1. The molecule has 1 saturated heterocycles. The summed E-state index contributed by atoms with van der Waals surface area (Å²) in [5.74, 6) is -0.884. The third-order valence-electron chi connectivity index (χ3n) is 3.26. The van der Waals surface area contributed by atoms with Gasteiger partial charge in [-0.25, -0.2) is 9.78 Å². The third-order valence-corrected chi connectivity index (χ3v) is 4.48. The van der Waals surface area contributed by atoms with Crippen molar-refractivity contribution in [1.29, 1.82) is 0 Å². The molecule has 1 fully saturated rings. The van der Waals surface area contributed by atoms with Gasteiger partial charge in [-0.3, -0.25) is 9.59 Å². The third kappa shape index (κ3) is 3.21. The van der Waals surface area contributed by atoms with Crippen LogP contribution in [-0.2, 0) is 9.53 Å². The van der Waals surface area contributed by atoms with E-state index in [1.807, 2.05) is 0 Å². The van der Waals surface area contributed by atoms with Crippen LogP contribution in [-0.4, -0.2) is 61.3 Å². The van der Waals surface area contributed by atoms with E-state index >= 15 is 0 Å². The van der Waals surface area contributed by atoms with Crippen molar-refractivity contribution in [2.24, 2.45) is 0 Å². The molecular weight excluding hydrogens is 294 g/mol. The standard InChI is InChI=1S/C13H17N3O4S/c1-8(17)11-10(12(19)20-3)14-13(21-11)16-6-4-5-15(2)9(18)7-16/h4-7H2,1-3H3. The Bertz CT molecular complexity index is 584. The Morgan fingerprint density at radius 3 is 2.67 bits per heavy atom. The number of hydrogen-bond acceptors (Lipinski definition) is 7. The average Bonchev–Trinajstić information content (AvgIpc) is 2.83. The second-order valence-electron chi connectivity index (χ2n) is 4.81. The maximum absolute atomic E-state index is 11.9. The van der Waals surface area contributed by atoms with E-state index in [0.717, 1.165) is 17.8 Å². The lowest BCUT2D eigenvalue weighted by Gasteiger charge is -2.18. The lowest BCUT2D eigenvalue weighted by molar-refractivity contribution is -0.127. The molecule has 0 spiro atoms. The maximum atomic E-state index is 11.9. The second kappa shape index (κ2) is 6.21. The monoisotopic (exact) mass is 311 g/mol. The van der Waals surface area contributed by atoms with Crippen LogP contribution < -0.4 is 4.90 Å². The zero-order chi connectivity index (χ0) is 15.6. The fourth-order valence-corrected chi connectivity index (χ4v) is 3.04. The van der Waals surface area contributed by atoms with Crippen molar-refractivity contribution in [3.63, 3.8) is 0 Å². The first-order chi connectivity index (χ1) is 9.93. The van der Waals surface area contributed by atoms with Crippen LogP contribution in [0.4, 0.5) is 5.13 Å². The second-order valence-corrected chi connectivity index (χ2v) is 5.79. The Hall–Kier alpha value is -1.96. The van der Waals surface area contributed by atoms with Gasteiger partial charge in [-0.15, -0.1) is 0 Å². The summed E-state index contributed by atoms with van der Waals surface area (Å²) < 4.78 is 4.65. The number of ether oxygens (including phenoxy) is 1. The van der Waals surface area contributed by atoms with E-state index < -0.39 is 5.97 Å². The molecule has 0 N–H and O–H groups in total. The Morgan fingerprint density at radius 1 is 1.33 bits per heavy atom. The molecule has 114 valence electrons. The van der Waals surface area contributed by atoms with Gasteiger partial charge in [0.15, 0.2) is 16.6 Å². The lowest BCUT2D eigenvalue weighted by atomic mass is 10.3. The van der Waals surface area contributed by atoms with Gasteiger partial charge in [0.25, 0.3) is 0 Å². The van der Waals surface area contributed by atoms with Gasteiger partial charge in [0.2, 0.25) is 5.91 Å². The van der Waals surface area contributed by atoms with Gasteiger partial charge >= 0.3 is 5.97 Å². The highest BCUT2D eigenvalue weighted by atomic mass is 32.1. The van der Waals surface area contributed by atoms with Crippen LogP contribution in [0.2, 0.25) is 0 Å². The average molecular weight is 311 g/mol. The molecule has 0 unspecified atom stereocenters. The number of Topliss-reactive ketones (excluding diaryl/α,β-unsaturated/α-hetero) is 1. The molecule has 0 radical (unpaired) electrons. The van der Waals surface area contributed by atoms with E-state index in [2.05, 4.69) is 9.72 Å². The number of anilines is 1. The Balaban J connectivity index is 2.33. The van der Waals surface area contributed by atoms with Crippen molar-refractivity contribution < 1.29 is 19.1 Å². The minimum atomic E-state index is -0.638. The molecule has 1 aromatic heterocycles. The first-order valence-corrected chi connectivity index (χ1v) is 7.34. The van der Waals surface area contributed by atoms with Gasteiger partial charge in [-0.2, -0.15) is 0 Å². The minimum absolute atomic E-state index is 0.00769. The molecule has 1 amide bonds. The van der Waals surface area contributed by atoms with Crippen LogP contribution in [0.3, 0.4) is 0 Å². The van der Waals surface area contributed by atoms with E-state index in [1.165, 1.54) is 14.0 Å². The number of rotatable bonds is 3. The van der Waals surface area contributed by atoms with Crippen LogP contribution in [0.5, 0.6) is 0 Å². The van der Waals surface area contributed by atoms with Gasteiger partial charge in [0.05, 0.1) is 13.7 Å². The predicted molar refractivity (Wildman–Crippen MR) is 77.9 cm³/mol. The number of thiazole rings is 1. The number of carbonyl (C=O) groups excluding carboxylic acids is 3. The molecule has 0 atom stereocenters. The molecule has 1 aliphatic rings. The SMILES string of the molecule is COC(=O)c1nc(N2CCCN(C)C(=O)C2)sc1C(C)=O. The lowest BCUT2D eigenvalue weighted by Crippen LogP contribution is -2.34. The van der Waals surface area contributed by atoms with Crippen molar-refractivity contribution in [2.75, 3.05) is 38.7 Å². The molecule has 0 aromatic carbocycles. The normalized spacial score (nSPS) is 15.9. The van der Waals surface area contributed by atoms with E-state index in [-0.39, 0.29) is 28.8 Å². The molecule has 8 heteroatoms. The van der Waals surface area contributed by atoms with Crippen LogP contribution >= 0.6 is 11.3 Å². The molecule has 2 heterocycles. The Morgan fingerprint density at radius 2 is 2.05 bits per heavy atom.